The minimum absolute atomic E-state index is 0.0593. The third-order valence-corrected chi connectivity index (χ3v) is 10.0. The lowest BCUT2D eigenvalue weighted by Crippen LogP contribution is -2.64. The Morgan fingerprint density at radius 1 is 0.920 bits per heavy atom. The van der Waals surface area contributed by atoms with Crippen LogP contribution in [0.2, 0.25) is 0 Å². The molecular formula is C37H43NO12. The Bertz CT molecular complexity index is 1770. The first-order chi connectivity index (χ1) is 25.3. The number of hydrogen-bond donors (Lipinski definition) is 0. The molecule has 0 spiro atoms. The molecule has 50 heavy (non-hydrogen) atoms. The average Bonchev–Trinajstić information content (AvgIpc) is 3.12. The highest BCUT2D eigenvalue weighted by Crippen LogP contribution is 2.56. The molecule has 0 N–H and O–H groups in total. The zero-order chi connectivity index (χ0) is 38.2. The van der Waals surface area contributed by atoms with Crippen molar-refractivity contribution >= 4 is 30.0 Å². The Balaban J connectivity index is 1.39. The van der Waals surface area contributed by atoms with Crippen LogP contribution in [0.15, 0.2) is 48.5 Å². The van der Waals surface area contributed by atoms with E-state index < -0.39 is 72.1 Å². The van der Waals surface area contributed by atoms with Gasteiger partial charge in [-0.15, -0.1) is 0 Å². The zero-order valence-corrected chi connectivity index (χ0v) is 28.4. The van der Waals surface area contributed by atoms with Gasteiger partial charge in [0.25, 0.3) is 0 Å². The van der Waals surface area contributed by atoms with Crippen molar-refractivity contribution in [3.8, 4) is 5.75 Å². The number of carbonyl (C=O) groups excluding carboxylic acids is 5. The molecule has 0 radical (unpaired) electrons. The van der Waals surface area contributed by atoms with E-state index in [4.69, 9.17) is 34.5 Å². The Morgan fingerprint density at radius 3 is 2.32 bits per heavy atom. The molecule has 2 saturated heterocycles. The van der Waals surface area contributed by atoms with Crippen LogP contribution in [0.5, 0.6) is 5.75 Å². The largest absolute Gasteiger partial charge is 0.467 e. The van der Waals surface area contributed by atoms with Gasteiger partial charge in [-0.2, -0.15) is 0 Å². The highest BCUT2D eigenvalue weighted by atomic mass is 16.7. The van der Waals surface area contributed by atoms with E-state index in [1.54, 1.807) is 4.90 Å². The van der Waals surface area contributed by atoms with Crippen molar-refractivity contribution in [3.63, 3.8) is 0 Å². The van der Waals surface area contributed by atoms with Crippen LogP contribution < -0.4 is 4.74 Å². The number of carbonyl (C=O) groups is 5. The SMILES string of the molecule is [2H]c1c([2H])c(OC2OC(C(=O)OC)C(OC(C)=O)C(OC(C)=O)C2OC(C)=O)c([2H])c2c1CC1C3CCCCC23CCN1C(=O)OCc1ccccc1. The van der Waals surface area contributed by atoms with E-state index in [9.17, 15) is 26.7 Å². The van der Waals surface area contributed by atoms with E-state index in [1.807, 2.05) is 30.3 Å². The smallest absolute Gasteiger partial charge is 0.410 e. The van der Waals surface area contributed by atoms with Crippen molar-refractivity contribution in [2.24, 2.45) is 5.92 Å². The number of likely N-dealkylation sites (tertiary alicyclic amines) is 1. The molecule has 268 valence electrons. The Labute approximate surface area is 294 Å². The van der Waals surface area contributed by atoms with Crippen LogP contribution in [0.25, 0.3) is 0 Å². The highest BCUT2D eigenvalue weighted by molar-refractivity contribution is 5.77. The fourth-order valence-corrected chi connectivity index (χ4v) is 8.11. The van der Waals surface area contributed by atoms with Crippen LogP contribution in [-0.2, 0) is 66.0 Å². The molecule has 13 heteroatoms. The molecule has 2 heterocycles. The number of esters is 4. The minimum atomic E-state index is -1.79. The van der Waals surface area contributed by atoms with Crippen molar-refractivity contribution in [1.82, 2.24) is 4.90 Å². The van der Waals surface area contributed by atoms with Crippen LogP contribution in [0.4, 0.5) is 4.79 Å². The molecule has 2 aliphatic carbocycles. The fraction of sp³-hybridized carbons (Fsp3) is 0.541. The van der Waals surface area contributed by atoms with Crippen LogP contribution in [-0.4, -0.2) is 85.3 Å². The first-order valence-electron chi connectivity index (χ1n) is 18.3. The summed E-state index contributed by atoms with van der Waals surface area (Å²) in [6.07, 6.45) is -4.93. The van der Waals surface area contributed by atoms with Gasteiger partial charge < -0.3 is 38.1 Å². The molecule has 6 rings (SSSR count). The summed E-state index contributed by atoms with van der Waals surface area (Å²) in [6, 6.07) is 8.21. The number of piperidine rings is 1. The molecule has 2 aromatic carbocycles. The second-order valence-electron chi connectivity index (χ2n) is 13.1. The normalized spacial score (nSPS) is 30.5. The van der Waals surface area contributed by atoms with Gasteiger partial charge >= 0.3 is 30.0 Å². The predicted octanol–water partition coefficient (Wildman–Crippen LogP) is 4.15. The lowest BCUT2D eigenvalue weighted by molar-refractivity contribution is -0.282. The predicted molar refractivity (Wildman–Crippen MR) is 173 cm³/mol. The highest BCUT2D eigenvalue weighted by Gasteiger charge is 2.57. The second kappa shape index (κ2) is 14.7. The molecule has 8 unspecified atom stereocenters. The van der Waals surface area contributed by atoms with Crippen molar-refractivity contribution in [2.75, 3.05) is 13.7 Å². The number of methoxy groups -OCH3 is 1. The van der Waals surface area contributed by atoms with Gasteiger partial charge in [0.15, 0.2) is 18.3 Å². The maximum atomic E-state index is 13.6. The Kier molecular flexibility index (Phi) is 9.20. The van der Waals surface area contributed by atoms with E-state index >= 15 is 0 Å². The maximum Gasteiger partial charge on any atom is 0.410 e. The summed E-state index contributed by atoms with van der Waals surface area (Å²) in [5.74, 6) is -4.06. The first-order valence-corrected chi connectivity index (χ1v) is 16.8. The van der Waals surface area contributed by atoms with Gasteiger partial charge in [0.05, 0.1) is 11.2 Å². The summed E-state index contributed by atoms with van der Waals surface area (Å²) in [6.45, 7) is 3.68. The van der Waals surface area contributed by atoms with Gasteiger partial charge in [0, 0.05) is 38.8 Å². The zero-order valence-electron chi connectivity index (χ0n) is 31.4. The summed E-state index contributed by atoms with van der Waals surface area (Å²) in [4.78, 5) is 65.0. The summed E-state index contributed by atoms with van der Waals surface area (Å²) >= 11 is 0. The van der Waals surface area contributed by atoms with Crippen molar-refractivity contribution in [2.45, 2.75) is 108 Å². The van der Waals surface area contributed by atoms with Crippen molar-refractivity contribution in [1.29, 1.82) is 0 Å². The van der Waals surface area contributed by atoms with Crippen LogP contribution in [0, 0.1) is 5.92 Å². The summed E-state index contributed by atoms with van der Waals surface area (Å²) in [5.41, 5.74) is 1.28. The maximum absolute atomic E-state index is 13.6. The summed E-state index contributed by atoms with van der Waals surface area (Å²) < 4.78 is 66.8. The summed E-state index contributed by atoms with van der Waals surface area (Å²) in [7, 11) is 1.06. The molecular weight excluding hydrogens is 650 g/mol. The van der Waals surface area contributed by atoms with E-state index in [2.05, 4.69) is 0 Å². The van der Waals surface area contributed by atoms with Crippen molar-refractivity contribution in [3.05, 3.63) is 65.1 Å². The first kappa shape index (κ1) is 31.3. The molecule has 8 atom stereocenters. The van der Waals surface area contributed by atoms with Gasteiger partial charge in [-0.1, -0.05) is 49.2 Å². The molecule has 2 aromatic rings. The van der Waals surface area contributed by atoms with E-state index in [-0.39, 0.29) is 42.8 Å². The van der Waals surface area contributed by atoms with Crippen LogP contribution in [0.3, 0.4) is 0 Å². The van der Waals surface area contributed by atoms with Gasteiger partial charge in [0.2, 0.25) is 12.4 Å². The number of rotatable bonds is 8. The number of nitrogens with zero attached hydrogens (tertiary/aromatic N) is 1. The average molecular weight is 697 g/mol. The van der Waals surface area contributed by atoms with Gasteiger partial charge in [-0.25, -0.2) is 9.59 Å². The van der Waals surface area contributed by atoms with E-state index in [1.165, 1.54) is 0 Å². The topological polar surface area (TPSA) is 153 Å². The molecule has 1 amide bonds. The van der Waals surface area contributed by atoms with Gasteiger partial charge in [-0.3, -0.25) is 14.4 Å². The third kappa shape index (κ3) is 7.01. The second-order valence-corrected chi connectivity index (χ2v) is 13.1. The number of ether oxygens (including phenoxy) is 7. The quantitative estimate of drug-likeness (QED) is 0.288. The lowest BCUT2D eigenvalue weighted by Gasteiger charge is -2.58. The molecule has 2 aliphatic heterocycles. The molecule has 2 bridgehead atoms. The molecule has 13 nitrogen and oxygen atoms in total. The van der Waals surface area contributed by atoms with Crippen LogP contribution >= 0.6 is 0 Å². The number of fused-ring (bicyclic) bond motifs is 1. The van der Waals surface area contributed by atoms with E-state index in [0.717, 1.165) is 52.7 Å². The lowest BCUT2D eigenvalue weighted by atomic mass is 9.52. The minimum Gasteiger partial charge on any atom is -0.467 e. The monoisotopic (exact) mass is 696 g/mol. The third-order valence-electron chi connectivity index (χ3n) is 10.0. The van der Waals surface area contributed by atoms with Crippen molar-refractivity contribution < 1.29 is 61.2 Å². The molecule has 4 aliphatic rings. The molecule has 0 aromatic heterocycles. The Morgan fingerprint density at radius 2 is 1.62 bits per heavy atom. The molecule has 3 fully saturated rings. The number of amides is 1. The van der Waals surface area contributed by atoms with E-state index in [0.29, 0.717) is 30.5 Å². The standard InChI is InChI=1S/C37H43NO12/c1-21(39)46-30-31(47-22(2)40)33(48-23(3)41)35(50-32(30)34(42)44-4)49-26-14-13-25-18-29-27-12-8-9-15-37(27,28(25)19-26)16-17-38(29)36(43)45-20-24-10-6-5-7-11-24/h5-7,10-11,13-14,19,27,29-33,35H,8-9,12,15-18,20H2,1-4H3/i13D,14D,19D. The van der Waals surface area contributed by atoms with Crippen LogP contribution in [0.1, 0.15) is 73.7 Å². The van der Waals surface area contributed by atoms with Gasteiger partial charge in [0.1, 0.15) is 12.4 Å². The van der Waals surface area contributed by atoms with Gasteiger partial charge in [-0.05, 0) is 60.4 Å². The summed E-state index contributed by atoms with van der Waals surface area (Å²) in [5, 5.41) is 0. The Hall–Kier alpha value is -4.65. The molecule has 1 saturated carbocycles. The number of hydrogen-bond acceptors (Lipinski definition) is 12. The fourth-order valence-electron chi connectivity index (χ4n) is 8.11. The number of benzene rings is 2.